The zero-order valence-corrected chi connectivity index (χ0v) is 26.1. The van der Waals surface area contributed by atoms with Gasteiger partial charge in [-0.15, -0.1) is 0 Å². The Labute approximate surface area is 250 Å². The Balaban J connectivity index is 1.95. The van der Waals surface area contributed by atoms with Gasteiger partial charge in [-0.25, -0.2) is 12.7 Å². The predicted octanol–water partition coefficient (Wildman–Crippen LogP) is 3.55. The van der Waals surface area contributed by atoms with E-state index in [1.54, 1.807) is 30.0 Å². The Morgan fingerprint density at radius 2 is 1.88 bits per heavy atom. The summed E-state index contributed by atoms with van der Waals surface area (Å²) in [5.74, 6) is -0.435. The number of ether oxygens (including phenoxy) is 2. The van der Waals surface area contributed by atoms with Gasteiger partial charge in [0.05, 0.1) is 43.1 Å². The summed E-state index contributed by atoms with van der Waals surface area (Å²) in [7, 11) is -1.92. The van der Waals surface area contributed by atoms with Crippen molar-refractivity contribution in [2.24, 2.45) is 5.92 Å². The number of carbonyl (C=O) groups excluding carboxylic acids is 2. The van der Waals surface area contributed by atoms with E-state index < -0.39 is 22.2 Å². The first kappa shape index (κ1) is 33.5. The van der Waals surface area contributed by atoms with E-state index in [0.29, 0.717) is 18.0 Å². The predicted molar refractivity (Wildman–Crippen MR) is 163 cm³/mol. The second-order valence-corrected chi connectivity index (χ2v) is 13.4. The number of benzene rings is 2. The molecule has 10 nitrogen and oxygen atoms in total. The number of carbonyl (C=O) groups is 2. The number of aliphatic hydroxyl groups is 1. The summed E-state index contributed by atoms with van der Waals surface area (Å²) in [4.78, 5) is 28.5. The van der Waals surface area contributed by atoms with Crippen LogP contribution in [0.15, 0.2) is 48.5 Å². The molecule has 0 aromatic heterocycles. The monoisotopic (exact) mass is 603 g/mol. The number of aliphatic hydroxyl groups excluding tert-OH is 1. The Morgan fingerprint density at radius 3 is 2.55 bits per heavy atom. The molecule has 3 rings (SSSR count). The summed E-state index contributed by atoms with van der Waals surface area (Å²) in [6.45, 7) is 6.14. The van der Waals surface area contributed by atoms with Crippen LogP contribution in [0.3, 0.4) is 0 Å². The average Bonchev–Trinajstić information content (AvgIpc) is 2.94. The zero-order valence-electron chi connectivity index (χ0n) is 25.3. The first-order valence-corrected chi connectivity index (χ1v) is 16.3. The van der Waals surface area contributed by atoms with E-state index in [-0.39, 0.29) is 55.5 Å². The number of likely N-dealkylation sites (N-methyl/N-ethyl adjacent to an activating group) is 1. The maximum Gasteiger partial charge on any atom is 0.258 e. The highest BCUT2D eigenvalue weighted by Crippen LogP contribution is 2.28. The van der Waals surface area contributed by atoms with Gasteiger partial charge in [0.2, 0.25) is 15.9 Å². The second kappa shape index (κ2) is 15.5. The maximum atomic E-state index is 14.2. The third-order valence-electron chi connectivity index (χ3n) is 7.55. The Morgan fingerprint density at radius 1 is 1.17 bits per heavy atom. The maximum absolute atomic E-state index is 14.2. The fraction of sp³-hybridized carbons (Fsp3) is 0.548. The molecule has 0 saturated heterocycles. The number of fused-ring (bicyclic) bond motifs is 1. The highest BCUT2D eigenvalue weighted by atomic mass is 32.2. The van der Waals surface area contributed by atoms with Crippen molar-refractivity contribution in [3.8, 4) is 5.75 Å². The SMILES string of the molecule is C[C@@H]1CCCCO[C@@H](CN(C)S(C)(=O)=O)[C@@H](C)CN([C@H](C)CO)C(=O)c2cc(NC(=O)Cc3ccccc3)ccc2O1. The molecule has 42 heavy (non-hydrogen) atoms. The van der Waals surface area contributed by atoms with Crippen LogP contribution in [0, 0.1) is 5.92 Å². The van der Waals surface area contributed by atoms with Gasteiger partial charge >= 0.3 is 0 Å². The molecule has 0 saturated carbocycles. The quantitative estimate of drug-likeness (QED) is 0.473. The molecule has 2 aromatic carbocycles. The van der Waals surface area contributed by atoms with Crippen LogP contribution in [-0.2, 0) is 26.0 Å². The molecule has 0 unspecified atom stereocenters. The number of hydrogen-bond acceptors (Lipinski definition) is 7. The van der Waals surface area contributed by atoms with Gasteiger partial charge < -0.3 is 24.8 Å². The van der Waals surface area contributed by atoms with Gasteiger partial charge in [-0.2, -0.15) is 0 Å². The highest BCUT2D eigenvalue weighted by Gasteiger charge is 2.31. The summed E-state index contributed by atoms with van der Waals surface area (Å²) < 4.78 is 38.0. The first-order chi connectivity index (χ1) is 19.9. The molecular weight excluding hydrogens is 558 g/mol. The first-order valence-electron chi connectivity index (χ1n) is 14.5. The van der Waals surface area contributed by atoms with Crippen LogP contribution in [0.5, 0.6) is 5.75 Å². The lowest BCUT2D eigenvalue weighted by molar-refractivity contribution is -0.115. The molecule has 2 amide bonds. The Kier molecular flexibility index (Phi) is 12.3. The van der Waals surface area contributed by atoms with E-state index in [1.807, 2.05) is 44.2 Å². The summed E-state index contributed by atoms with van der Waals surface area (Å²) in [6.07, 6.45) is 3.02. The van der Waals surface area contributed by atoms with Crippen LogP contribution in [0.1, 0.15) is 56.0 Å². The van der Waals surface area contributed by atoms with E-state index in [4.69, 9.17) is 9.47 Å². The molecular formula is C31H45N3O7S. The van der Waals surface area contributed by atoms with Gasteiger partial charge in [0.1, 0.15) is 5.75 Å². The van der Waals surface area contributed by atoms with E-state index in [0.717, 1.165) is 31.1 Å². The number of nitrogens with zero attached hydrogens (tertiary/aromatic N) is 2. The molecule has 2 N–H and O–H groups in total. The summed E-state index contributed by atoms with van der Waals surface area (Å²) in [5, 5.41) is 13.0. The number of amides is 2. The number of nitrogens with one attached hydrogen (secondary N) is 1. The van der Waals surface area contributed by atoms with Crippen LogP contribution >= 0.6 is 0 Å². The normalized spacial score (nSPS) is 21.6. The van der Waals surface area contributed by atoms with Crippen LogP contribution in [0.2, 0.25) is 0 Å². The van der Waals surface area contributed by atoms with E-state index in [9.17, 15) is 23.1 Å². The van der Waals surface area contributed by atoms with Crippen molar-refractivity contribution in [1.29, 1.82) is 0 Å². The molecule has 11 heteroatoms. The van der Waals surface area contributed by atoms with E-state index >= 15 is 0 Å². The molecule has 0 aliphatic carbocycles. The molecule has 1 aliphatic heterocycles. The smallest absolute Gasteiger partial charge is 0.258 e. The minimum absolute atomic E-state index is 0.142. The standard InChI is InChI=1S/C31H45N3O7S/c1-22-19-34(23(2)21-35)31(37)27-18-26(32-30(36)17-25-12-7-6-8-13-25)14-15-28(27)41-24(3)11-9-10-16-40-29(22)20-33(4)42(5,38)39/h6-8,12-15,18,22-24,29,35H,9-11,16-17,19-21H2,1-5H3,(H,32,36)/t22-,23+,24+,29-/m0/s1. The van der Waals surface area contributed by atoms with Crippen LogP contribution in [0.4, 0.5) is 5.69 Å². The number of sulfonamides is 1. The van der Waals surface area contributed by atoms with Crippen LogP contribution in [0.25, 0.3) is 0 Å². The summed E-state index contributed by atoms with van der Waals surface area (Å²) >= 11 is 0. The lowest BCUT2D eigenvalue weighted by atomic mass is 10.0. The molecule has 0 fully saturated rings. The molecule has 1 aliphatic rings. The Hall–Kier alpha value is -2.99. The van der Waals surface area contributed by atoms with Crippen LogP contribution in [-0.4, -0.2) is 92.4 Å². The Bertz CT molecular complexity index is 1290. The fourth-order valence-corrected chi connectivity index (χ4v) is 5.26. The van der Waals surface area contributed by atoms with Crippen molar-refractivity contribution in [1.82, 2.24) is 9.21 Å². The van der Waals surface area contributed by atoms with E-state index in [2.05, 4.69) is 5.32 Å². The van der Waals surface area contributed by atoms with Crippen molar-refractivity contribution in [3.05, 3.63) is 59.7 Å². The van der Waals surface area contributed by atoms with E-state index in [1.165, 1.54) is 11.4 Å². The average molecular weight is 604 g/mol. The summed E-state index contributed by atoms with van der Waals surface area (Å²) in [5.41, 5.74) is 1.60. The van der Waals surface area contributed by atoms with Crippen molar-refractivity contribution in [3.63, 3.8) is 0 Å². The largest absolute Gasteiger partial charge is 0.490 e. The van der Waals surface area contributed by atoms with Crippen molar-refractivity contribution >= 4 is 27.5 Å². The number of rotatable bonds is 8. The van der Waals surface area contributed by atoms with Crippen molar-refractivity contribution < 1.29 is 32.6 Å². The molecule has 0 bridgehead atoms. The topological polar surface area (TPSA) is 125 Å². The minimum Gasteiger partial charge on any atom is -0.490 e. The third kappa shape index (κ3) is 9.79. The molecule has 1 heterocycles. The van der Waals surface area contributed by atoms with Crippen LogP contribution < -0.4 is 10.1 Å². The third-order valence-corrected chi connectivity index (χ3v) is 8.83. The highest BCUT2D eigenvalue weighted by molar-refractivity contribution is 7.88. The van der Waals surface area contributed by atoms with Crippen molar-refractivity contribution in [2.45, 2.75) is 64.7 Å². The molecule has 232 valence electrons. The lowest BCUT2D eigenvalue weighted by Gasteiger charge is -2.35. The van der Waals surface area contributed by atoms with Gasteiger partial charge in [-0.1, -0.05) is 37.3 Å². The molecule has 4 atom stereocenters. The van der Waals surface area contributed by atoms with Gasteiger partial charge in [0.15, 0.2) is 0 Å². The minimum atomic E-state index is -3.43. The fourth-order valence-electron chi connectivity index (χ4n) is 4.84. The molecule has 0 spiro atoms. The molecule has 2 aromatic rings. The summed E-state index contributed by atoms with van der Waals surface area (Å²) in [6, 6.07) is 13.9. The number of anilines is 1. The van der Waals surface area contributed by atoms with Gasteiger partial charge in [0, 0.05) is 38.3 Å². The van der Waals surface area contributed by atoms with Gasteiger partial charge in [-0.05, 0) is 56.9 Å². The zero-order chi connectivity index (χ0) is 30.9. The number of hydrogen-bond donors (Lipinski definition) is 2. The van der Waals surface area contributed by atoms with Crippen molar-refractivity contribution in [2.75, 3.05) is 44.9 Å². The molecule has 0 radical (unpaired) electrons. The van der Waals surface area contributed by atoms with Gasteiger partial charge in [0.25, 0.3) is 5.91 Å². The van der Waals surface area contributed by atoms with Gasteiger partial charge in [-0.3, -0.25) is 9.59 Å². The lowest BCUT2D eigenvalue weighted by Crippen LogP contribution is -2.47. The second-order valence-electron chi connectivity index (χ2n) is 11.3.